The standard InChI is InChI=1S/C13H12BrN3O2/c14-9-4-3-7-17(13(9)19)8-12(18)16-11-6-2-1-5-10(11)15/h1-7H,8,15H2,(H,16,18). The average molecular weight is 322 g/mol. The molecule has 0 saturated heterocycles. The Morgan fingerprint density at radius 2 is 2.00 bits per heavy atom. The largest absolute Gasteiger partial charge is 0.397 e. The molecule has 0 aliphatic heterocycles. The minimum absolute atomic E-state index is 0.0629. The van der Waals surface area contributed by atoms with Crippen LogP contribution < -0.4 is 16.6 Å². The van der Waals surface area contributed by atoms with Gasteiger partial charge in [0, 0.05) is 6.20 Å². The van der Waals surface area contributed by atoms with Crippen molar-refractivity contribution in [1.82, 2.24) is 4.57 Å². The molecule has 0 aliphatic carbocycles. The molecule has 1 heterocycles. The summed E-state index contributed by atoms with van der Waals surface area (Å²) in [5, 5.41) is 2.67. The topological polar surface area (TPSA) is 77.1 Å². The number of nitrogens with two attached hydrogens (primary N) is 1. The van der Waals surface area contributed by atoms with Crippen molar-refractivity contribution in [2.24, 2.45) is 0 Å². The lowest BCUT2D eigenvalue weighted by molar-refractivity contribution is -0.116. The lowest BCUT2D eigenvalue weighted by Gasteiger charge is -2.09. The van der Waals surface area contributed by atoms with Crippen LogP contribution in [0.25, 0.3) is 0 Å². The lowest BCUT2D eigenvalue weighted by atomic mass is 10.2. The average Bonchev–Trinajstić information content (AvgIpc) is 2.38. The molecule has 1 aromatic heterocycles. The van der Waals surface area contributed by atoms with Gasteiger partial charge in [0.2, 0.25) is 5.91 Å². The number of anilines is 2. The summed E-state index contributed by atoms with van der Waals surface area (Å²) in [4.78, 5) is 23.6. The Morgan fingerprint density at radius 3 is 2.74 bits per heavy atom. The number of carbonyl (C=O) groups is 1. The van der Waals surface area contributed by atoms with Crippen LogP contribution in [0.5, 0.6) is 0 Å². The first-order chi connectivity index (χ1) is 9.08. The van der Waals surface area contributed by atoms with E-state index in [1.807, 2.05) is 0 Å². The summed E-state index contributed by atoms with van der Waals surface area (Å²) in [6, 6.07) is 10.3. The van der Waals surface area contributed by atoms with Crippen LogP contribution in [0.4, 0.5) is 11.4 Å². The highest BCUT2D eigenvalue weighted by Gasteiger charge is 2.07. The highest BCUT2D eigenvalue weighted by Crippen LogP contribution is 2.16. The molecule has 19 heavy (non-hydrogen) atoms. The maximum atomic E-state index is 11.9. The van der Waals surface area contributed by atoms with E-state index in [0.29, 0.717) is 15.8 Å². The minimum atomic E-state index is -0.307. The molecule has 0 fully saturated rings. The van der Waals surface area contributed by atoms with E-state index < -0.39 is 0 Å². The third-order valence-electron chi connectivity index (χ3n) is 2.52. The van der Waals surface area contributed by atoms with Crippen LogP contribution in [-0.2, 0) is 11.3 Å². The second kappa shape index (κ2) is 5.71. The highest BCUT2D eigenvalue weighted by molar-refractivity contribution is 9.10. The molecule has 2 rings (SSSR count). The molecule has 0 aliphatic rings. The van der Waals surface area contributed by atoms with Crippen LogP contribution >= 0.6 is 15.9 Å². The Kier molecular flexibility index (Phi) is 4.01. The van der Waals surface area contributed by atoms with Gasteiger partial charge < -0.3 is 15.6 Å². The number of hydrogen-bond acceptors (Lipinski definition) is 3. The van der Waals surface area contributed by atoms with Gasteiger partial charge in [0.15, 0.2) is 0 Å². The zero-order chi connectivity index (χ0) is 13.8. The van der Waals surface area contributed by atoms with Crippen molar-refractivity contribution in [3.63, 3.8) is 0 Å². The van der Waals surface area contributed by atoms with Crippen molar-refractivity contribution >= 4 is 33.2 Å². The van der Waals surface area contributed by atoms with Crippen molar-refractivity contribution in [3.8, 4) is 0 Å². The Morgan fingerprint density at radius 1 is 1.26 bits per heavy atom. The minimum Gasteiger partial charge on any atom is -0.397 e. The van der Waals surface area contributed by atoms with Gasteiger partial charge in [-0.05, 0) is 40.2 Å². The van der Waals surface area contributed by atoms with Crippen molar-refractivity contribution in [3.05, 3.63) is 57.4 Å². The SMILES string of the molecule is Nc1ccccc1NC(=O)Cn1cccc(Br)c1=O. The number of rotatable bonds is 3. The molecular weight excluding hydrogens is 310 g/mol. The Balaban J connectivity index is 2.12. The molecule has 0 unspecified atom stereocenters. The number of benzene rings is 1. The normalized spacial score (nSPS) is 10.2. The van der Waals surface area contributed by atoms with Crippen LogP contribution in [0.15, 0.2) is 51.9 Å². The maximum Gasteiger partial charge on any atom is 0.265 e. The monoisotopic (exact) mass is 321 g/mol. The van der Waals surface area contributed by atoms with E-state index >= 15 is 0 Å². The Bertz CT molecular complexity index is 667. The molecule has 2 aromatic rings. The van der Waals surface area contributed by atoms with E-state index in [-0.39, 0.29) is 18.0 Å². The fourth-order valence-electron chi connectivity index (χ4n) is 1.59. The van der Waals surface area contributed by atoms with Gasteiger partial charge in [0.05, 0.1) is 15.8 Å². The number of amides is 1. The van der Waals surface area contributed by atoms with Crippen LogP contribution in [0.3, 0.4) is 0 Å². The smallest absolute Gasteiger partial charge is 0.265 e. The van der Waals surface area contributed by atoms with Gasteiger partial charge in [0.25, 0.3) is 5.56 Å². The van der Waals surface area contributed by atoms with Crippen LogP contribution in [0.1, 0.15) is 0 Å². The molecule has 0 spiro atoms. The van der Waals surface area contributed by atoms with Gasteiger partial charge in [-0.25, -0.2) is 0 Å². The van der Waals surface area contributed by atoms with E-state index in [1.54, 1.807) is 42.6 Å². The van der Waals surface area contributed by atoms with E-state index in [0.717, 1.165) is 0 Å². The molecule has 0 atom stereocenters. The third-order valence-corrected chi connectivity index (χ3v) is 3.13. The van der Waals surface area contributed by atoms with Gasteiger partial charge in [-0.2, -0.15) is 0 Å². The molecule has 3 N–H and O–H groups in total. The summed E-state index contributed by atoms with van der Waals surface area (Å²) in [6.45, 7) is -0.0629. The third kappa shape index (κ3) is 3.23. The van der Waals surface area contributed by atoms with Crippen molar-refractivity contribution in [1.29, 1.82) is 0 Å². The zero-order valence-corrected chi connectivity index (χ0v) is 11.6. The van der Waals surface area contributed by atoms with E-state index in [1.165, 1.54) is 4.57 Å². The maximum absolute atomic E-state index is 11.9. The van der Waals surface area contributed by atoms with Crippen molar-refractivity contribution in [2.75, 3.05) is 11.1 Å². The molecule has 98 valence electrons. The van der Waals surface area contributed by atoms with Crippen LogP contribution in [0, 0.1) is 0 Å². The number of nitrogens with one attached hydrogen (secondary N) is 1. The number of carbonyl (C=O) groups excluding carboxylic acids is 1. The first-order valence-corrected chi connectivity index (χ1v) is 6.36. The van der Waals surface area contributed by atoms with E-state index in [9.17, 15) is 9.59 Å². The molecule has 0 saturated carbocycles. The quantitative estimate of drug-likeness (QED) is 0.847. The van der Waals surface area contributed by atoms with E-state index in [4.69, 9.17) is 5.73 Å². The fraction of sp³-hybridized carbons (Fsp3) is 0.0769. The number of aromatic nitrogens is 1. The second-order valence-electron chi connectivity index (χ2n) is 3.92. The molecule has 0 radical (unpaired) electrons. The first-order valence-electron chi connectivity index (χ1n) is 5.57. The molecular formula is C13H12BrN3O2. The van der Waals surface area contributed by atoms with Gasteiger partial charge >= 0.3 is 0 Å². The van der Waals surface area contributed by atoms with Crippen LogP contribution in [0.2, 0.25) is 0 Å². The summed E-state index contributed by atoms with van der Waals surface area (Å²) in [7, 11) is 0. The van der Waals surface area contributed by atoms with Crippen LogP contribution in [-0.4, -0.2) is 10.5 Å². The summed E-state index contributed by atoms with van der Waals surface area (Å²) in [5.74, 6) is -0.307. The number of hydrogen-bond donors (Lipinski definition) is 2. The van der Waals surface area contributed by atoms with Crippen molar-refractivity contribution < 1.29 is 4.79 Å². The van der Waals surface area contributed by atoms with Gasteiger partial charge in [0.1, 0.15) is 6.54 Å². The summed E-state index contributed by atoms with van der Waals surface area (Å²) >= 11 is 3.13. The number of pyridine rings is 1. The Labute approximate surface area is 118 Å². The van der Waals surface area contributed by atoms with Crippen molar-refractivity contribution in [2.45, 2.75) is 6.54 Å². The molecule has 0 bridgehead atoms. The summed E-state index contributed by atoms with van der Waals surface area (Å²) < 4.78 is 1.74. The molecule has 1 amide bonds. The zero-order valence-electron chi connectivity index (χ0n) is 9.97. The number of para-hydroxylation sites is 2. The fourth-order valence-corrected chi connectivity index (χ4v) is 1.97. The van der Waals surface area contributed by atoms with Gasteiger partial charge in [-0.3, -0.25) is 9.59 Å². The Hall–Kier alpha value is -2.08. The molecule has 5 nitrogen and oxygen atoms in total. The predicted octanol–water partition coefficient (Wildman–Crippen LogP) is 1.83. The highest BCUT2D eigenvalue weighted by atomic mass is 79.9. The van der Waals surface area contributed by atoms with Gasteiger partial charge in [-0.1, -0.05) is 12.1 Å². The number of nitrogens with zero attached hydrogens (tertiary/aromatic N) is 1. The molecule has 1 aromatic carbocycles. The second-order valence-corrected chi connectivity index (χ2v) is 4.78. The molecule has 6 heteroatoms. The van der Waals surface area contributed by atoms with Gasteiger partial charge in [-0.15, -0.1) is 0 Å². The predicted molar refractivity (Wildman–Crippen MR) is 77.9 cm³/mol. The number of nitrogen functional groups attached to an aromatic ring is 1. The first kappa shape index (κ1) is 13.4. The lowest BCUT2D eigenvalue weighted by Crippen LogP contribution is -2.27. The van der Waals surface area contributed by atoms with E-state index in [2.05, 4.69) is 21.2 Å². The summed E-state index contributed by atoms with van der Waals surface area (Å²) in [5.41, 5.74) is 6.50. The number of halogens is 1. The summed E-state index contributed by atoms with van der Waals surface area (Å²) in [6.07, 6.45) is 1.56.